The highest BCUT2D eigenvalue weighted by atomic mass is 16.4. The Morgan fingerprint density at radius 3 is 2.56 bits per heavy atom. The molecule has 1 aromatic heterocycles. The van der Waals surface area contributed by atoms with Crippen LogP contribution in [0.3, 0.4) is 0 Å². The highest BCUT2D eigenvalue weighted by Crippen LogP contribution is 2.13. The molecule has 0 aliphatic rings. The van der Waals surface area contributed by atoms with Gasteiger partial charge in [0.2, 0.25) is 0 Å². The van der Waals surface area contributed by atoms with Gasteiger partial charge in [-0.15, -0.1) is 0 Å². The Labute approximate surface area is 92.4 Å². The Balaban J connectivity index is 2.22. The second kappa shape index (κ2) is 4.06. The summed E-state index contributed by atoms with van der Waals surface area (Å²) in [6, 6.07) is 7.07. The number of carboxylic acid groups (broad SMARTS) is 1. The molecular weight excluding hydrogens is 206 g/mol. The fraction of sp³-hybridized carbons (Fsp3) is 0.0909. The molecule has 0 spiro atoms. The summed E-state index contributed by atoms with van der Waals surface area (Å²) in [7, 11) is 0. The number of anilines is 1. The fourth-order valence-electron chi connectivity index (χ4n) is 1.40. The van der Waals surface area contributed by atoms with E-state index in [2.05, 4.69) is 10.3 Å². The van der Waals surface area contributed by atoms with E-state index < -0.39 is 6.09 Å². The number of nitrogens with zero attached hydrogens (tertiary/aromatic N) is 2. The van der Waals surface area contributed by atoms with Crippen LogP contribution in [0, 0.1) is 6.92 Å². The van der Waals surface area contributed by atoms with Gasteiger partial charge in [0.05, 0.1) is 12.0 Å². The monoisotopic (exact) mass is 217 g/mol. The summed E-state index contributed by atoms with van der Waals surface area (Å²) in [5, 5.41) is 10.8. The van der Waals surface area contributed by atoms with E-state index in [-0.39, 0.29) is 0 Å². The fourth-order valence-corrected chi connectivity index (χ4v) is 1.40. The first-order valence-corrected chi connectivity index (χ1v) is 4.76. The predicted octanol–water partition coefficient (Wildman–Crippen LogP) is 2.27. The molecule has 2 aromatic rings. The van der Waals surface area contributed by atoms with Crippen molar-refractivity contribution in [2.24, 2.45) is 0 Å². The molecule has 0 aliphatic heterocycles. The molecule has 0 bridgehead atoms. The van der Waals surface area contributed by atoms with E-state index in [1.165, 1.54) is 0 Å². The second-order valence-electron chi connectivity index (χ2n) is 3.40. The van der Waals surface area contributed by atoms with Crippen molar-refractivity contribution in [3.63, 3.8) is 0 Å². The molecular formula is C11H11N3O2. The minimum atomic E-state index is -1.06. The van der Waals surface area contributed by atoms with Crippen molar-refractivity contribution in [2.75, 3.05) is 5.32 Å². The van der Waals surface area contributed by atoms with Gasteiger partial charge in [0.1, 0.15) is 0 Å². The van der Waals surface area contributed by atoms with Crippen molar-refractivity contribution in [1.29, 1.82) is 0 Å². The van der Waals surface area contributed by atoms with Crippen LogP contribution in [0.15, 0.2) is 36.8 Å². The Bertz CT molecular complexity index is 502. The number of rotatable bonds is 2. The lowest BCUT2D eigenvalue weighted by atomic mass is 10.3. The summed E-state index contributed by atoms with van der Waals surface area (Å²) in [6.07, 6.45) is 2.56. The average molecular weight is 217 g/mol. The van der Waals surface area contributed by atoms with E-state index in [9.17, 15) is 4.79 Å². The minimum Gasteiger partial charge on any atom is -0.465 e. The van der Waals surface area contributed by atoms with Gasteiger partial charge in [-0.25, -0.2) is 9.78 Å². The summed E-state index contributed by atoms with van der Waals surface area (Å²) in [5.74, 6) is 0. The summed E-state index contributed by atoms with van der Waals surface area (Å²) in [6.45, 7) is 1.91. The number of amides is 1. The van der Waals surface area contributed by atoms with Gasteiger partial charge in [0, 0.05) is 17.6 Å². The molecule has 5 heteroatoms. The van der Waals surface area contributed by atoms with Crippen LogP contribution in [-0.2, 0) is 0 Å². The number of hydrogen-bond acceptors (Lipinski definition) is 2. The van der Waals surface area contributed by atoms with Crippen molar-refractivity contribution < 1.29 is 9.90 Å². The summed E-state index contributed by atoms with van der Waals surface area (Å²) in [5.41, 5.74) is 2.43. The Morgan fingerprint density at radius 1 is 1.38 bits per heavy atom. The number of imidazole rings is 1. The SMILES string of the molecule is Cc1cn(-c2ccc(NC(=O)O)cc2)cn1. The van der Waals surface area contributed by atoms with Crippen LogP contribution in [0.2, 0.25) is 0 Å². The normalized spacial score (nSPS) is 10.1. The maximum Gasteiger partial charge on any atom is 0.409 e. The van der Waals surface area contributed by atoms with E-state index in [1.807, 2.05) is 29.8 Å². The van der Waals surface area contributed by atoms with Gasteiger partial charge < -0.3 is 9.67 Å². The molecule has 0 radical (unpaired) electrons. The smallest absolute Gasteiger partial charge is 0.409 e. The molecule has 1 heterocycles. The lowest BCUT2D eigenvalue weighted by Crippen LogP contribution is -2.06. The third kappa shape index (κ3) is 2.20. The number of hydrogen-bond donors (Lipinski definition) is 2. The molecule has 16 heavy (non-hydrogen) atoms. The van der Waals surface area contributed by atoms with E-state index in [0.29, 0.717) is 5.69 Å². The van der Waals surface area contributed by atoms with Crippen molar-refractivity contribution in [1.82, 2.24) is 9.55 Å². The maximum atomic E-state index is 10.4. The van der Waals surface area contributed by atoms with E-state index in [0.717, 1.165) is 11.4 Å². The van der Waals surface area contributed by atoms with Crippen molar-refractivity contribution in [3.05, 3.63) is 42.5 Å². The molecule has 0 aliphatic carbocycles. The molecule has 0 saturated heterocycles. The Morgan fingerprint density at radius 2 is 2.06 bits per heavy atom. The number of benzene rings is 1. The third-order valence-electron chi connectivity index (χ3n) is 2.13. The van der Waals surface area contributed by atoms with Crippen molar-refractivity contribution >= 4 is 11.8 Å². The van der Waals surface area contributed by atoms with E-state index in [4.69, 9.17) is 5.11 Å². The zero-order valence-electron chi connectivity index (χ0n) is 8.71. The zero-order valence-corrected chi connectivity index (χ0v) is 8.71. The van der Waals surface area contributed by atoms with Crippen LogP contribution in [-0.4, -0.2) is 20.8 Å². The zero-order chi connectivity index (χ0) is 11.5. The predicted molar refractivity (Wildman–Crippen MR) is 59.9 cm³/mol. The average Bonchev–Trinajstić information content (AvgIpc) is 2.65. The second-order valence-corrected chi connectivity index (χ2v) is 3.40. The van der Waals surface area contributed by atoms with Gasteiger partial charge in [-0.1, -0.05) is 0 Å². The molecule has 1 aromatic carbocycles. The minimum absolute atomic E-state index is 0.549. The quantitative estimate of drug-likeness (QED) is 0.810. The lowest BCUT2D eigenvalue weighted by molar-refractivity contribution is 0.210. The summed E-state index contributed by atoms with van der Waals surface area (Å²) >= 11 is 0. The van der Waals surface area contributed by atoms with Crippen LogP contribution in [0.1, 0.15) is 5.69 Å². The molecule has 5 nitrogen and oxygen atoms in total. The number of nitrogens with one attached hydrogen (secondary N) is 1. The Hall–Kier alpha value is -2.30. The van der Waals surface area contributed by atoms with Gasteiger partial charge in [0.25, 0.3) is 0 Å². The molecule has 2 N–H and O–H groups in total. The number of carbonyl (C=O) groups is 1. The molecule has 0 fully saturated rings. The first kappa shape index (κ1) is 10.2. The molecule has 0 unspecified atom stereocenters. The van der Waals surface area contributed by atoms with Crippen LogP contribution >= 0.6 is 0 Å². The van der Waals surface area contributed by atoms with E-state index in [1.54, 1.807) is 18.5 Å². The lowest BCUT2D eigenvalue weighted by Gasteiger charge is -2.04. The molecule has 82 valence electrons. The van der Waals surface area contributed by atoms with Gasteiger partial charge in [-0.05, 0) is 31.2 Å². The first-order chi connectivity index (χ1) is 7.65. The largest absolute Gasteiger partial charge is 0.465 e. The first-order valence-electron chi connectivity index (χ1n) is 4.76. The van der Waals surface area contributed by atoms with Crippen LogP contribution in [0.5, 0.6) is 0 Å². The summed E-state index contributed by atoms with van der Waals surface area (Å²) in [4.78, 5) is 14.5. The third-order valence-corrected chi connectivity index (χ3v) is 2.13. The highest BCUT2D eigenvalue weighted by molar-refractivity contribution is 5.82. The van der Waals surface area contributed by atoms with Gasteiger partial charge >= 0.3 is 6.09 Å². The highest BCUT2D eigenvalue weighted by Gasteiger charge is 2.00. The van der Waals surface area contributed by atoms with Gasteiger partial charge in [-0.2, -0.15) is 0 Å². The van der Waals surface area contributed by atoms with Crippen LogP contribution in [0.4, 0.5) is 10.5 Å². The number of aryl methyl sites for hydroxylation is 1. The van der Waals surface area contributed by atoms with Crippen LogP contribution in [0.25, 0.3) is 5.69 Å². The van der Waals surface area contributed by atoms with Gasteiger partial charge in [-0.3, -0.25) is 5.32 Å². The van der Waals surface area contributed by atoms with Crippen LogP contribution < -0.4 is 5.32 Å². The molecule has 0 saturated carbocycles. The van der Waals surface area contributed by atoms with E-state index >= 15 is 0 Å². The maximum absolute atomic E-state index is 10.4. The van der Waals surface area contributed by atoms with Gasteiger partial charge in [0.15, 0.2) is 0 Å². The van der Waals surface area contributed by atoms with Crippen molar-refractivity contribution in [3.8, 4) is 5.69 Å². The number of aromatic nitrogens is 2. The topological polar surface area (TPSA) is 67.2 Å². The standard InChI is InChI=1S/C11H11N3O2/c1-8-6-14(7-12-8)10-4-2-9(3-5-10)13-11(15)16/h2-7,13H,1H3,(H,15,16). The summed E-state index contributed by atoms with van der Waals surface area (Å²) < 4.78 is 1.87. The van der Waals surface area contributed by atoms with Crippen molar-refractivity contribution in [2.45, 2.75) is 6.92 Å². The molecule has 0 atom stereocenters. The molecule has 2 rings (SSSR count). The Kier molecular flexibility index (Phi) is 2.59. The molecule has 1 amide bonds.